The molecule has 180 valence electrons. The van der Waals surface area contributed by atoms with Crippen molar-refractivity contribution in [1.29, 1.82) is 0 Å². The monoisotopic (exact) mass is 472 g/mol. The SMILES string of the molecule is CCOC(=O)c1ccc(CC(=O)/C(O)=C(/C(=O)c2ccccc2OC)C(C)c2ccccc2)cc1. The van der Waals surface area contributed by atoms with Gasteiger partial charge in [0.15, 0.2) is 11.5 Å². The maximum absolute atomic E-state index is 13.6. The zero-order chi connectivity index (χ0) is 25.4. The summed E-state index contributed by atoms with van der Waals surface area (Å²) in [6.07, 6.45) is -0.140. The molecule has 1 N–H and O–H groups in total. The first-order chi connectivity index (χ1) is 16.9. The number of para-hydroxylation sites is 1. The van der Waals surface area contributed by atoms with Gasteiger partial charge in [0.05, 0.1) is 30.4 Å². The van der Waals surface area contributed by atoms with E-state index in [9.17, 15) is 19.5 Å². The van der Waals surface area contributed by atoms with Gasteiger partial charge in [-0.3, -0.25) is 9.59 Å². The van der Waals surface area contributed by atoms with Crippen LogP contribution in [-0.4, -0.2) is 36.4 Å². The molecule has 0 aromatic heterocycles. The van der Waals surface area contributed by atoms with Crippen molar-refractivity contribution in [3.8, 4) is 5.75 Å². The zero-order valence-electron chi connectivity index (χ0n) is 20.0. The van der Waals surface area contributed by atoms with Crippen molar-refractivity contribution in [1.82, 2.24) is 0 Å². The maximum atomic E-state index is 13.6. The number of rotatable bonds is 10. The molecular formula is C29H28O6. The predicted molar refractivity (Wildman–Crippen MR) is 133 cm³/mol. The summed E-state index contributed by atoms with van der Waals surface area (Å²) in [7, 11) is 1.46. The summed E-state index contributed by atoms with van der Waals surface area (Å²) in [6.45, 7) is 3.76. The lowest BCUT2D eigenvalue weighted by Crippen LogP contribution is -2.19. The van der Waals surface area contributed by atoms with E-state index in [2.05, 4.69) is 0 Å². The van der Waals surface area contributed by atoms with E-state index in [4.69, 9.17) is 9.47 Å². The smallest absolute Gasteiger partial charge is 0.338 e. The van der Waals surface area contributed by atoms with E-state index in [1.165, 1.54) is 7.11 Å². The quantitative estimate of drug-likeness (QED) is 0.182. The van der Waals surface area contributed by atoms with E-state index >= 15 is 0 Å². The minimum atomic E-state index is -0.602. The lowest BCUT2D eigenvalue weighted by molar-refractivity contribution is -0.117. The van der Waals surface area contributed by atoms with Gasteiger partial charge in [0, 0.05) is 12.3 Å². The molecule has 0 heterocycles. The fraction of sp³-hybridized carbons (Fsp3) is 0.207. The summed E-state index contributed by atoms with van der Waals surface area (Å²) in [4.78, 5) is 38.6. The van der Waals surface area contributed by atoms with Crippen LogP contribution in [0, 0.1) is 0 Å². The van der Waals surface area contributed by atoms with E-state index in [0.717, 1.165) is 5.56 Å². The van der Waals surface area contributed by atoms with E-state index in [1.807, 2.05) is 30.3 Å². The Balaban J connectivity index is 1.98. The van der Waals surface area contributed by atoms with Crippen molar-refractivity contribution in [2.24, 2.45) is 0 Å². The highest BCUT2D eigenvalue weighted by atomic mass is 16.5. The minimum absolute atomic E-state index is 0.00570. The summed E-state index contributed by atoms with van der Waals surface area (Å²) in [5.41, 5.74) is 1.99. The Hall–Kier alpha value is -4.19. The number of carbonyl (C=O) groups is 3. The number of aliphatic hydroxyl groups is 1. The Bertz CT molecular complexity index is 1230. The molecule has 35 heavy (non-hydrogen) atoms. The average molecular weight is 473 g/mol. The van der Waals surface area contributed by atoms with Gasteiger partial charge in [0.2, 0.25) is 5.78 Å². The number of Topliss-reactive ketones (excluding diaryl/α,β-unsaturated/α-hetero) is 2. The van der Waals surface area contributed by atoms with Gasteiger partial charge < -0.3 is 14.6 Å². The molecule has 0 radical (unpaired) electrons. The molecular weight excluding hydrogens is 444 g/mol. The first kappa shape index (κ1) is 25.4. The highest BCUT2D eigenvalue weighted by Gasteiger charge is 2.29. The van der Waals surface area contributed by atoms with Crippen molar-refractivity contribution < 1.29 is 29.0 Å². The van der Waals surface area contributed by atoms with Gasteiger partial charge in [0.25, 0.3) is 0 Å². The van der Waals surface area contributed by atoms with Crippen LogP contribution in [0.15, 0.2) is 90.2 Å². The van der Waals surface area contributed by atoms with E-state index < -0.39 is 29.2 Å². The number of hydrogen-bond donors (Lipinski definition) is 1. The first-order valence-corrected chi connectivity index (χ1v) is 11.3. The number of methoxy groups -OCH3 is 1. The van der Waals surface area contributed by atoms with Gasteiger partial charge in [0.1, 0.15) is 5.75 Å². The number of carbonyl (C=O) groups excluding carboxylic acids is 3. The Morgan fingerprint density at radius 2 is 1.51 bits per heavy atom. The molecule has 0 saturated heterocycles. The van der Waals surface area contributed by atoms with Crippen LogP contribution in [0.4, 0.5) is 0 Å². The molecule has 6 heteroatoms. The number of ketones is 2. The second kappa shape index (κ2) is 11.8. The van der Waals surface area contributed by atoms with Crippen LogP contribution in [0.3, 0.4) is 0 Å². The van der Waals surface area contributed by atoms with Crippen LogP contribution in [0.25, 0.3) is 0 Å². The van der Waals surface area contributed by atoms with Crippen LogP contribution in [0.1, 0.15) is 51.6 Å². The summed E-state index contributed by atoms with van der Waals surface area (Å²) < 4.78 is 10.3. The third-order valence-electron chi connectivity index (χ3n) is 5.68. The Labute approximate surface area is 204 Å². The molecule has 0 aliphatic carbocycles. The fourth-order valence-corrected chi connectivity index (χ4v) is 3.79. The lowest BCUT2D eigenvalue weighted by Gasteiger charge is -2.18. The van der Waals surface area contributed by atoms with Crippen LogP contribution >= 0.6 is 0 Å². The molecule has 3 aromatic rings. The molecule has 0 saturated carbocycles. The number of hydrogen-bond acceptors (Lipinski definition) is 6. The summed E-state index contributed by atoms with van der Waals surface area (Å²) in [6, 6.07) is 22.3. The number of allylic oxidation sites excluding steroid dienone is 2. The van der Waals surface area contributed by atoms with Crippen LogP contribution in [0.2, 0.25) is 0 Å². The highest BCUT2D eigenvalue weighted by Crippen LogP contribution is 2.32. The second-order valence-electron chi connectivity index (χ2n) is 7.94. The van der Waals surface area contributed by atoms with Gasteiger partial charge in [-0.05, 0) is 42.3 Å². The van der Waals surface area contributed by atoms with Crippen LogP contribution in [0.5, 0.6) is 5.75 Å². The van der Waals surface area contributed by atoms with E-state index in [-0.39, 0.29) is 24.2 Å². The molecule has 1 unspecified atom stereocenters. The third-order valence-corrected chi connectivity index (χ3v) is 5.68. The van der Waals surface area contributed by atoms with Gasteiger partial charge in [-0.25, -0.2) is 4.79 Å². The number of aliphatic hydroxyl groups excluding tert-OH is 1. The minimum Gasteiger partial charge on any atom is -0.504 e. The lowest BCUT2D eigenvalue weighted by atomic mass is 9.85. The Morgan fingerprint density at radius 1 is 0.886 bits per heavy atom. The molecule has 0 aliphatic heterocycles. The largest absolute Gasteiger partial charge is 0.504 e. The van der Waals surface area contributed by atoms with Crippen molar-refractivity contribution in [2.75, 3.05) is 13.7 Å². The normalized spacial score (nSPS) is 12.3. The third kappa shape index (κ3) is 6.03. The van der Waals surface area contributed by atoms with E-state index in [0.29, 0.717) is 16.9 Å². The van der Waals surface area contributed by atoms with Crippen molar-refractivity contribution in [3.63, 3.8) is 0 Å². The fourth-order valence-electron chi connectivity index (χ4n) is 3.79. The molecule has 3 rings (SSSR count). The summed E-state index contributed by atoms with van der Waals surface area (Å²) >= 11 is 0. The highest BCUT2D eigenvalue weighted by molar-refractivity contribution is 6.15. The zero-order valence-corrected chi connectivity index (χ0v) is 20.0. The molecule has 0 fully saturated rings. The Morgan fingerprint density at radius 3 is 2.14 bits per heavy atom. The standard InChI is InChI=1S/C29H28O6/c1-4-35-29(33)22-16-14-20(15-17-22)18-24(30)28(32)26(19(2)21-10-6-5-7-11-21)27(31)23-12-8-9-13-25(23)34-3/h5-17,19,32H,4,18H2,1-3H3/b28-26-. The molecule has 6 nitrogen and oxygen atoms in total. The molecule has 3 aromatic carbocycles. The predicted octanol–water partition coefficient (Wildman–Crippen LogP) is 5.48. The second-order valence-corrected chi connectivity index (χ2v) is 7.94. The summed E-state index contributed by atoms with van der Waals surface area (Å²) in [5.74, 6) is -2.33. The number of esters is 1. The van der Waals surface area contributed by atoms with Crippen LogP contribution < -0.4 is 4.74 Å². The van der Waals surface area contributed by atoms with Crippen LogP contribution in [-0.2, 0) is 16.0 Å². The molecule has 0 bridgehead atoms. The topological polar surface area (TPSA) is 89.9 Å². The van der Waals surface area contributed by atoms with Gasteiger partial charge >= 0.3 is 5.97 Å². The first-order valence-electron chi connectivity index (χ1n) is 11.3. The van der Waals surface area contributed by atoms with E-state index in [1.54, 1.807) is 62.4 Å². The molecule has 0 amide bonds. The average Bonchev–Trinajstić information content (AvgIpc) is 2.89. The van der Waals surface area contributed by atoms with Gasteiger partial charge in [-0.1, -0.05) is 61.5 Å². The molecule has 0 aliphatic rings. The molecule has 1 atom stereocenters. The molecule has 0 spiro atoms. The van der Waals surface area contributed by atoms with Crippen molar-refractivity contribution in [3.05, 3.63) is 112 Å². The van der Waals surface area contributed by atoms with Gasteiger partial charge in [-0.2, -0.15) is 0 Å². The maximum Gasteiger partial charge on any atom is 0.338 e. The Kier molecular flexibility index (Phi) is 8.57. The van der Waals surface area contributed by atoms with Crippen molar-refractivity contribution >= 4 is 17.5 Å². The van der Waals surface area contributed by atoms with Gasteiger partial charge in [-0.15, -0.1) is 0 Å². The van der Waals surface area contributed by atoms with Crippen molar-refractivity contribution in [2.45, 2.75) is 26.2 Å². The number of ether oxygens (including phenoxy) is 2. The summed E-state index contributed by atoms with van der Waals surface area (Å²) in [5, 5.41) is 11.1. The number of benzene rings is 3.